The van der Waals surface area contributed by atoms with Gasteiger partial charge in [-0.2, -0.15) is 0 Å². The van der Waals surface area contributed by atoms with Crippen LogP contribution >= 0.6 is 22.7 Å². The molecule has 0 spiro atoms. The van der Waals surface area contributed by atoms with Crippen molar-refractivity contribution in [2.75, 3.05) is 0 Å². The van der Waals surface area contributed by atoms with E-state index < -0.39 is 0 Å². The zero-order valence-corrected chi connectivity index (χ0v) is 26.8. The van der Waals surface area contributed by atoms with Crippen LogP contribution in [0.15, 0.2) is 182 Å². The molecule has 0 N–H and O–H groups in total. The van der Waals surface area contributed by atoms with Gasteiger partial charge >= 0.3 is 0 Å². The molecule has 0 aliphatic heterocycles. The first kappa shape index (κ1) is 28.2. The van der Waals surface area contributed by atoms with E-state index >= 15 is 0 Å². The summed E-state index contributed by atoms with van der Waals surface area (Å²) in [4.78, 5) is 5.13. The van der Waals surface area contributed by atoms with E-state index in [2.05, 4.69) is 182 Å². The van der Waals surface area contributed by atoms with Crippen molar-refractivity contribution in [1.29, 1.82) is 0 Å². The Morgan fingerprint density at radius 1 is 0.239 bits per heavy atom. The minimum atomic E-state index is 1.22. The summed E-state index contributed by atoms with van der Waals surface area (Å²) in [6.45, 7) is 0. The van der Waals surface area contributed by atoms with Gasteiger partial charge in [-0.15, -0.1) is 22.7 Å². The minimum Gasteiger partial charge on any atom is -0.134 e. The van der Waals surface area contributed by atoms with E-state index in [4.69, 9.17) is 0 Å². The van der Waals surface area contributed by atoms with Crippen LogP contribution < -0.4 is 0 Å². The van der Waals surface area contributed by atoms with Crippen LogP contribution in [0.2, 0.25) is 0 Å². The maximum Gasteiger partial charge on any atom is 0.0534 e. The van der Waals surface area contributed by atoms with Gasteiger partial charge in [-0.25, -0.2) is 0 Å². The Morgan fingerprint density at radius 2 is 0.522 bits per heavy atom. The van der Waals surface area contributed by atoms with Crippen LogP contribution in [-0.4, -0.2) is 0 Å². The van der Waals surface area contributed by atoms with E-state index in [1.807, 2.05) is 22.7 Å². The average Bonchev–Trinajstić information content (AvgIpc) is 3.79. The van der Waals surface area contributed by atoms with Crippen LogP contribution in [0.25, 0.3) is 75.1 Å². The molecule has 218 valence electrons. The molecule has 46 heavy (non-hydrogen) atoms. The van der Waals surface area contributed by atoms with E-state index in [1.54, 1.807) is 0 Å². The van der Waals surface area contributed by atoms with E-state index in [-0.39, 0.29) is 0 Å². The lowest BCUT2D eigenvalue weighted by molar-refractivity contribution is 1.59. The highest BCUT2D eigenvalue weighted by molar-refractivity contribution is 7.26. The molecule has 8 aromatic rings. The normalized spacial score (nSPS) is 11.0. The lowest BCUT2D eigenvalue weighted by atomic mass is 9.91. The Kier molecular flexibility index (Phi) is 7.73. The van der Waals surface area contributed by atoms with Gasteiger partial charge < -0.3 is 0 Å². The molecular formula is C44H30S2. The third kappa shape index (κ3) is 5.43. The molecule has 2 heterocycles. The zero-order chi connectivity index (χ0) is 30.7. The van der Waals surface area contributed by atoms with Gasteiger partial charge in [0.1, 0.15) is 0 Å². The first-order valence-corrected chi connectivity index (χ1v) is 17.2. The number of hydrogen-bond acceptors (Lipinski definition) is 2. The molecule has 0 bridgehead atoms. The smallest absolute Gasteiger partial charge is 0.0534 e. The van der Waals surface area contributed by atoms with Crippen LogP contribution in [0.1, 0.15) is 0 Å². The summed E-state index contributed by atoms with van der Waals surface area (Å²) in [5, 5.41) is 0. The molecule has 2 aromatic heterocycles. The Balaban J connectivity index is 1.42. The topological polar surface area (TPSA) is 0 Å². The number of benzene rings is 6. The zero-order valence-electron chi connectivity index (χ0n) is 25.1. The van der Waals surface area contributed by atoms with Crippen molar-refractivity contribution in [1.82, 2.24) is 0 Å². The van der Waals surface area contributed by atoms with E-state index in [0.717, 1.165) is 0 Å². The monoisotopic (exact) mass is 622 g/mol. The Labute approximate surface area is 278 Å². The van der Waals surface area contributed by atoms with Crippen molar-refractivity contribution in [2.24, 2.45) is 0 Å². The highest BCUT2D eigenvalue weighted by Crippen LogP contribution is 2.53. The Bertz CT molecular complexity index is 2060. The molecule has 0 aliphatic rings. The summed E-state index contributed by atoms with van der Waals surface area (Å²) in [6, 6.07) is 65.6. The molecule has 0 saturated carbocycles. The molecule has 6 aromatic carbocycles. The second-order valence-electron chi connectivity index (χ2n) is 11.3. The maximum atomic E-state index is 2.41. The fourth-order valence-electron chi connectivity index (χ4n) is 6.18. The standard InChI is InChI=1S/C44H30S2/c1-5-17-31(18-6-1)35-25-13-15-27-37(35)39-29-41(33-21-9-3-10-22-33)45-43(39)44-40(30-42(46-44)34-23-11-4-12-24-34)38-28-16-14-26-36(38)32-19-7-2-8-20-32/h1-30H. The van der Waals surface area contributed by atoms with Crippen molar-refractivity contribution in [3.8, 4) is 75.1 Å². The molecule has 2 heteroatoms. The number of rotatable bonds is 7. The summed E-state index contributed by atoms with van der Waals surface area (Å²) < 4.78 is 0. The molecule has 0 saturated heterocycles. The molecule has 0 radical (unpaired) electrons. The van der Waals surface area contributed by atoms with Gasteiger partial charge in [0.05, 0.1) is 9.75 Å². The molecule has 0 atom stereocenters. The highest BCUT2D eigenvalue weighted by Gasteiger charge is 2.24. The predicted octanol–water partition coefficient (Wildman–Crippen LogP) is 13.5. The van der Waals surface area contributed by atoms with E-state index in [1.165, 1.54) is 75.1 Å². The third-order valence-electron chi connectivity index (χ3n) is 8.39. The SMILES string of the molecule is c1ccc(-c2cc(-c3ccccc3-c3ccccc3)c(-c3sc(-c4ccccc4)cc3-c3ccccc3-c3ccccc3)s2)cc1. The molecule has 0 amide bonds. The Morgan fingerprint density at radius 3 is 0.870 bits per heavy atom. The lowest BCUT2D eigenvalue weighted by Crippen LogP contribution is -1.87. The second kappa shape index (κ2) is 12.6. The first-order chi connectivity index (χ1) is 22.8. The van der Waals surface area contributed by atoms with Crippen LogP contribution in [0.5, 0.6) is 0 Å². The quantitative estimate of drug-likeness (QED) is 0.166. The summed E-state index contributed by atoms with van der Waals surface area (Å²) in [5.41, 5.74) is 12.4. The Hall–Kier alpha value is -5.28. The summed E-state index contributed by atoms with van der Waals surface area (Å²) >= 11 is 3.79. The molecule has 8 rings (SSSR count). The predicted molar refractivity (Wildman–Crippen MR) is 200 cm³/mol. The summed E-state index contributed by atoms with van der Waals surface area (Å²) in [7, 11) is 0. The minimum absolute atomic E-state index is 1.22. The largest absolute Gasteiger partial charge is 0.134 e. The highest BCUT2D eigenvalue weighted by atomic mass is 32.1. The van der Waals surface area contributed by atoms with Gasteiger partial charge in [0.2, 0.25) is 0 Å². The van der Waals surface area contributed by atoms with Crippen LogP contribution in [-0.2, 0) is 0 Å². The van der Waals surface area contributed by atoms with Gasteiger partial charge in [0.25, 0.3) is 0 Å². The van der Waals surface area contributed by atoms with Crippen LogP contribution in [0, 0.1) is 0 Å². The molecular weight excluding hydrogens is 593 g/mol. The fraction of sp³-hybridized carbons (Fsp3) is 0. The van der Waals surface area contributed by atoms with Gasteiger partial charge in [-0.05, 0) is 56.6 Å². The van der Waals surface area contributed by atoms with Crippen molar-refractivity contribution in [3.63, 3.8) is 0 Å². The van der Waals surface area contributed by atoms with Gasteiger partial charge in [0.15, 0.2) is 0 Å². The van der Waals surface area contributed by atoms with Gasteiger partial charge in [-0.3, -0.25) is 0 Å². The van der Waals surface area contributed by atoms with Gasteiger partial charge in [-0.1, -0.05) is 170 Å². The van der Waals surface area contributed by atoms with E-state index in [9.17, 15) is 0 Å². The second-order valence-corrected chi connectivity index (χ2v) is 13.4. The van der Waals surface area contributed by atoms with E-state index in [0.29, 0.717) is 0 Å². The third-order valence-corrected chi connectivity index (χ3v) is 10.9. The number of thiophene rings is 2. The summed E-state index contributed by atoms with van der Waals surface area (Å²) in [5.74, 6) is 0. The van der Waals surface area contributed by atoms with Crippen molar-refractivity contribution < 1.29 is 0 Å². The molecule has 0 fully saturated rings. The fourth-order valence-corrected chi connectivity index (χ4v) is 8.70. The number of hydrogen-bond donors (Lipinski definition) is 0. The first-order valence-electron chi connectivity index (χ1n) is 15.5. The maximum absolute atomic E-state index is 2.41. The molecule has 0 unspecified atom stereocenters. The van der Waals surface area contributed by atoms with Crippen LogP contribution in [0.4, 0.5) is 0 Å². The van der Waals surface area contributed by atoms with Crippen molar-refractivity contribution >= 4 is 22.7 Å². The molecule has 0 nitrogen and oxygen atoms in total. The van der Waals surface area contributed by atoms with Crippen molar-refractivity contribution in [2.45, 2.75) is 0 Å². The average molecular weight is 623 g/mol. The van der Waals surface area contributed by atoms with Gasteiger partial charge in [0, 0.05) is 20.9 Å². The molecule has 0 aliphatic carbocycles. The summed E-state index contributed by atoms with van der Waals surface area (Å²) in [6.07, 6.45) is 0. The van der Waals surface area contributed by atoms with Crippen molar-refractivity contribution in [3.05, 3.63) is 182 Å². The lowest BCUT2D eigenvalue weighted by Gasteiger charge is -2.13. The van der Waals surface area contributed by atoms with Crippen LogP contribution in [0.3, 0.4) is 0 Å².